The molecule has 0 amide bonds. The summed E-state index contributed by atoms with van der Waals surface area (Å²) in [5.74, 6) is 0. The maximum absolute atomic E-state index is 5.70. The first-order valence-corrected chi connectivity index (χ1v) is 7.93. The van der Waals surface area contributed by atoms with Gasteiger partial charge in [0.1, 0.15) is 0 Å². The van der Waals surface area contributed by atoms with Crippen molar-refractivity contribution in [1.82, 2.24) is 0 Å². The molecule has 0 atom stereocenters. The third kappa shape index (κ3) is 4.68. The average molecular weight is 199 g/mol. The van der Waals surface area contributed by atoms with Crippen LogP contribution in [0, 0.1) is 12.1 Å². The quantitative estimate of drug-likeness (QED) is 0.425. The highest BCUT2D eigenvalue weighted by atomic mass is 31.2. The Balaban J connectivity index is 4.07. The highest BCUT2D eigenvalue weighted by Crippen LogP contribution is 2.58. The maximum atomic E-state index is 5.70. The minimum atomic E-state index is -0.963. The average Bonchev–Trinajstić information content (AvgIpc) is 2.20. The minimum absolute atomic E-state index is 0.963. The molecule has 0 nitrogen and oxygen atoms in total. The Morgan fingerprint density at radius 2 is 1.46 bits per heavy atom. The first kappa shape index (κ1) is 13.0. The van der Waals surface area contributed by atoms with Crippen molar-refractivity contribution in [2.45, 2.75) is 46.5 Å². The molecule has 0 N–H and O–H groups in total. The van der Waals surface area contributed by atoms with Gasteiger partial charge in [-0.05, 0) is 19.8 Å². The van der Waals surface area contributed by atoms with Gasteiger partial charge in [-0.25, -0.2) is 0 Å². The van der Waals surface area contributed by atoms with Crippen LogP contribution >= 0.6 is 7.26 Å². The monoisotopic (exact) mass is 199 g/mol. The Labute approximate surface area is 84.8 Å². The van der Waals surface area contributed by atoms with Gasteiger partial charge in [-0.1, -0.05) is 33.1 Å². The summed E-state index contributed by atoms with van der Waals surface area (Å²) in [5.41, 5.74) is 3.15. The third-order valence-electron chi connectivity index (χ3n) is 2.76. The highest BCUT2D eigenvalue weighted by molar-refractivity contribution is 7.80. The summed E-state index contributed by atoms with van der Waals surface area (Å²) in [6.45, 7) is 6.78. The van der Waals surface area contributed by atoms with Crippen LogP contribution in [0.3, 0.4) is 0 Å². The van der Waals surface area contributed by atoms with E-state index in [9.17, 15) is 0 Å². The molecule has 0 aromatic rings. The van der Waals surface area contributed by atoms with Gasteiger partial charge in [0.15, 0.2) is 0 Å². The summed E-state index contributed by atoms with van der Waals surface area (Å²) in [7, 11) is -0.963. The topological polar surface area (TPSA) is 0 Å². The lowest BCUT2D eigenvalue weighted by Gasteiger charge is -2.18. The van der Waals surface area contributed by atoms with E-state index in [4.69, 9.17) is 6.42 Å². The van der Waals surface area contributed by atoms with E-state index in [1.54, 1.807) is 0 Å². The van der Waals surface area contributed by atoms with Crippen molar-refractivity contribution in [1.29, 1.82) is 0 Å². The van der Waals surface area contributed by atoms with Crippen LogP contribution in [-0.2, 0) is 0 Å². The zero-order valence-corrected chi connectivity index (χ0v) is 10.4. The van der Waals surface area contributed by atoms with E-state index in [1.165, 1.54) is 44.2 Å². The highest BCUT2D eigenvalue weighted by Gasteiger charge is 2.31. The number of unbranched alkanes of at least 4 members (excludes halogenated alkanes) is 2. The molecule has 76 valence electrons. The normalized spacial score (nSPS) is 11.2. The molecule has 0 spiro atoms. The number of hydrogen-bond donors (Lipinski definition) is 0. The van der Waals surface area contributed by atoms with Crippen molar-refractivity contribution in [3.8, 4) is 12.1 Å². The molecule has 0 aromatic carbocycles. The minimum Gasteiger partial charge on any atom is -0.0768 e. The summed E-state index contributed by atoms with van der Waals surface area (Å²) < 4.78 is 0. The van der Waals surface area contributed by atoms with E-state index in [1.807, 2.05) is 0 Å². The van der Waals surface area contributed by atoms with Crippen molar-refractivity contribution in [3.63, 3.8) is 0 Å². The number of terminal acetylenes is 1. The lowest BCUT2D eigenvalue weighted by atomic mass is 10.4. The maximum Gasteiger partial charge on any atom is 0.0915 e. The lowest BCUT2D eigenvalue weighted by Crippen LogP contribution is -2.04. The fourth-order valence-electron chi connectivity index (χ4n) is 1.57. The molecule has 0 unspecified atom stereocenters. The van der Waals surface area contributed by atoms with E-state index in [0.29, 0.717) is 0 Å². The molecule has 0 aliphatic rings. The summed E-state index contributed by atoms with van der Waals surface area (Å²) >= 11 is 0. The first-order valence-electron chi connectivity index (χ1n) is 5.58. The molecule has 0 heterocycles. The first-order chi connectivity index (χ1) is 6.24. The molecule has 0 fully saturated rings. The zero-order chi connectivity index (χ0) is 10.2. The predicted octanol–water partition coefficient (Wildman–Crippen LogP) is 4.21. The van der Waals surface area contributed by atoms with Gasteiger partial charge in [0.05, 0.1) is 31.4 Å². The second-order valence-corrected chi connectivity index (χ2v) is 7.82. The summed E-state index contributed by atoms with van der Waals surface area (Å²) in [5, 5.41) is 0. The second kappa shape index (κ2) is 7.40. The van der Waals surface area contributed by atoms with Gasteiger partial charge in [-0.15, -0.1) is 0 Å². The van der Waals surface area contributed by atoms with Gasteiger partial charge >= 0.3 is 0 Å². The van der Waals surface area contributed by atoms with Crippen LogP contribution < -0.4 is 0 Å². The molecule has 0 aromatic heterocycles. The SMILES string of the molecule is C#C[P+](CC)(CCCC)CCCC. The standard InChI is InChI=1S/C12H24P/c1-5-9-11-13(7-3,8-4)12-10-6-2/h3H,5-6,8-12H2,1-2,4H3/q+1. The Bertz CT molecular complexity index is 147. The molecular formula is C12H24P+. The lowest BCUT2D eigenvalue weighted by molar-refractivity contribution is 0.862. The number of hydrogen-bond acceptors (Lipinski definition) is 0. The van der Waals surface area contributed by atoms with Crippen LogP contribution in [0.4, 0.5) is 0 Å². The Morgan fingerprint density at radius 1 is 1.00 bits per heavy atom. The third-order valence-corrected chi connectivity index (χ3v) is 6.86. The largest absolute Gasteiger partial charge is 0.0915 e. The van der Waals surface area contributed by atoms with Gasteiger partial charge in [-0.3, -0.25) is 0 Å². The van der Waals surface area contributed by atoms with Crippen LogP contribution in [0.5, 0.6) is 0 Å². The van der Waals surface area contributed by atoms with Gasteiger partial charge in [0.25, 0.3) is 0 Å². The van der Waals surface area contributed by atoms with Crippen molar-refractivity contribution in [2.75, 3.05) is 18.5 Å². The fraction of sp³-hybridized carbons (Fsp3) is 0.833. The van der Waals surface area contributed by atoms with E-state index < -0.39 is 7.26 Å². The van der Waals surface area contributed by atoms with Crippen molar-refractivity contribution in [3.05, 3.63) is 0 Å². The fourth-order valence-corrected chi connectivity index (χ4v) is 4.71. The molecule has 13 heavy (non-hydrogen) atoms. The number of rotatable bonds is 7. The zero-order valence-electron chi connectivity index (χ0n) is 9.47. The van der Waals surface area contributed by atoms with Gasteiger partial charge in [0.2, 0.25) is 0 Å². The smallest absolute Gasteiger partial charge is 0.0768 e. The van der Waals surface area contributed by atoms with Crippen molar-refractivity contribution >= 4 is 7.26 Å². The van der Waals surface area contributed by atoms with Crippen LogP contribution in [0.1, 0.15) is 46.5 Å². The Morgan fingerprint density at radius 3 is 1.69 bits per heavy atom. The van der Waals surface area contributed by atoms with E-state index in [2.05, 4.69) is 26.4 Å². The van der Waals surface area contributed by atoms with Crippen molar-refractivity contribution < 1.29 is 0 Å². The molecule has 1 heteroatoms. The van der Waals surface area contributed by atoms with E-state index in [0.717, 1.165) is 0 Å². The molecular weight excluding hydrogens is 175 g/mol. The summed E-state index contributed by atoms with van der Waals surface area (Å²) in [6.07, 6.45) is 14.8. The molecule has 0 saturated heterocycles. The van der Waals surface area contributed by atoms with E-state index >= 15 is 0 Å². The predicted molar refractivity (Wildman–Crippen MR) is 65.8 cm³/mol. The Hall–Kier alpha value is -0.0100. The Kier molecular flexibility index (Phi) is 7.39. The van der Waals surface area contributed by atoms with Gasteiger partial charge in [0, 0.05) is 0 Å². The van der Waals surface area contributed by atoms with Crippen molar-refractivity contribution in [2.24, 2.45) is 0 Å². The molecule has 0 radical (unpaired) electrons. The molecule has 0 bridgehead atoms. The van der Waals surface area contributed by atoms with Crippen LogP contribution in [0.2, 0.25) is 0 Å². The van der Waals surface area contributed by atoms with E-state index in [-0.39, 0.29) is 0 Å². The summed E-state index contributed by atoms with van der Waals surface area (Å²) in [6, 6.07) is 0. The second-order valence-electron chi connectivity index (χ2n) is 3.74. The molecule has 0 saturated carbocycles. The molecule has 0 aliphatic carbocycles. The summed E-state index contributed by atoms with van der Waals surface area (Å²) in [4.78, 5) is 0. The molecule has 0 rings (SSSR count). The van der Waals surface area contributed by atoms with Crippen LogP contribution in [-0.4, -0.2) is 18.5 Å². The van der Waals surface area contributed by atoms with Crippen LogP contribution in [0.25, 0.3) is 0 Å². The molecule has 0 aliphatic heterocycles. The van der Waals surface area contributed by atoms with Crippen LogP contribution in [0.15, 0.2) is 0 Å². The van der Waals surface area contributed by atoms with Gasteiger partial charge in [-0.2, -0.15) is 0 Å². The van der Waals surface area contributed by atoms with Gasteiger partial charge < -0.3 is 0 Å².